The van der Waals surface area contributed by atoms with Crippen LogP contribution >= 0.6 is 0 Å². The molecular weight excluding hydrogens is 304 g/mol. The number of urea groups is 1. The molecule has 0 aliphatic carbocycles. The molecule has 1 aromatic heterocycles. The van der Waals surface area contributed by atoms with Gasteiger partial charge in [-0.3, -0.25) is 9.78 Å². The van der Waals surface area contributed by atoms with Crippen LogP contribution < -0.4 is 16.0 Å². The average Bonchev–Trinajstić information content (AvgIpc) is 2.61. The quantitative estimate of drug-likeness (QED) is 0.684. The van der Waals surface area contributed by atoms with E-state index in [4.69, 9.17) is 0 Å². The van der Waals surface area contributed by atoms with Crippen molar-refractivity contribution in [2.75, 3.05) is 11.9 Å². The zero-order valence-electron chi connectivity index (χ0n) is 13.7. The Morgan fingerprint density at radius 1 is 1.00 bits per heavy atom. The first kappa shape index (κ1) is 17.5. The van der Waals surface area contributed by atoms with Gasteiger partial charge >= 0.3 is 6.03 Å². The number of carbonyl (C=O) groups excluding carboxylic acids is 2. The molecule has 2 aromatic rings. The van der Waals surface area contributed by atoms with Gasteiger partial charge in [0.15, 0.2) is 0 Å². The maximum Gasteiger partial charge on any atom is 0.319 e. The molecule has 0 atom stereocenters. The van der Waals surface area contributed by atoms with Crippen LogP contribution in [0.15, 0.2) is 48.8 Å². The van der Waals surface area contributed by atoms with E-state index in [0.29, 0.717) is 24.3 Å². The maximum absolute atomic E-state index is 11.9. The molecule has 0 saturated heterocycles. The molecule has 3 N–H and O–H groups in total. The number of pyridine rings is 1. The van der Waals surface area contributed by atoms with Gasteiger partial charge in [0.1, 0.15) is 0 Å². The fraction of sp³-hybridized carbons (Fsp3) is 0.278. The number of amides is 3. The Morgan fingerprint density at radius 2 is 1.71 bits per heavy atom. The summed E-state index contributed by atoms with van der Waals surface area (Å²) < 4.78 is 0. The second kappa shape index (κ2) is 9.29. The van der Waals surface area contributed by atoms with Gasteiger partial charge in [-0.2, -0.15) is 0 Å². The van der Waals surface area contributed by atoms with Gasteiger partial charge < -0.3 is 16.0 Å². The van der Waals surface area contributed by atoms with E-state index in [2.05, 4.69) is 27.9 Å². The van der Waals surface area contributed by atoms with Crippen LogP contribution in [0.2, 0.25) is 0 Å². The van der Waals surface area contributed by atoms with Crippen LogP contribution in [0, 0.1) is 0 Å². The maximum atomic E-state index is 11.9. The fourth-order valence-corrected chi connectivity index (χ4v) is 2.04. The van der Waals surface area contributed by atoms with Gasteiger partial charge in [0.2, 0.25) is 0 Å². The summed E-state index contributed by atoms with van der Waals surface area (Å²) in [6, 6.07) is 10.2. The molecule has 0 saturated carbocycles. The monoisotopic (exact) mass is 326 g/mol. The number of carbonyl (C=O) groups is 2. The van der Waals surface area contributed by atoms with E-state index in [9.17, 15) is 9.59 Å². The van der Waals surface area contributed by atoms with Crippen LogP contribution in [0.3, 0.4) is 0 Å². The summed E-state index contributed by atoms with van der Waals surface area (Å²) in [4.78, 5) is 27.7. The molecule has 2 rings (SSSR count). The van der Waals surface area contributed by atoms with E-state index in [1.807, 2.05) is 12.1 Å². The van der Waals surface area contributed by atoms with Gasteiger partial charge in [-0.05, 0) is 48.4 Å². The molecular formula is C18H22N4O2. The Morgan fingerprint density at radius 3 is 2.38 bits per heavy atom. The molecule has 126 valence electrons. The van der Waals surface area contributed by atoms with Crippen LogP contribution in [0.4, 0.5) is 10.5 Å². The SMILES string of the molecule is CCCCNC(=O)c1ccc(NC(=O)NCc2ccncc2)cc1. The largest absolute Gasteiger partial charge is 0.352 e. The number of hydrogen-bond donors (Lipinski definition) is 3. The molecule has 0 bridgehead atoms. The van der Waals surface area contributed by atoms with E-state index >= 15 is 0 Å². The Hall–Kier alpha value is -2.89. The molecule has 1 aromatic carbocycles. The van der Waals surface area contributed by atoms with Crippen molar-refractivity contribution in [3.05, 3.63) is 59.9 Å². The van der Waals surface area contributed by atoms with Gasteiger partial charge in [0.05, 0.1) is 0 Å². The Labute approximate surface area is 141 Å². The van der Waals surface area contributed by atoms with Gasteiger partial charge in [-0.25, -0.2) is 4.79 Å². The molecule has 0 aliphatic heterocycles. The molecule has 6 heteroatoms. The predicted octanol–water partition coefficient (Wildman–Crippen LogP) is 2.93. The molecule has 3 amide bonds. The normalized spacial score (nSPS) is 10.0. The zero-order chi connectivity index (χ0) is 17.2. The first-order valence-corrected chi connectivity index (χ1v) is 8.01. The molecule has 6 nitrogen and oxygen atoms in total. The number of nitrogens with zero attached hydrogens (tertiary/aromatic N) is 1. The second-order valence-electron chi connectivity index (χ2n) is 5.35. The number of hydrogen-bond acceptors (Lipinski definition) is 3. The number of unbranched alkanes of at least 4 members (excludes halogenated alkanes) is 1. The smallest absolute Gasteiger partial charge is 0.319 e. The van der Waals surface area contributed by atoms with Gasteiger partial charge in [-0.1, -0.05) is 13.3 Å². The van der Waals surface area contributed by atoms with Gasteiger partial charge in [0.25, 0.3) is 5.91 Å². The van der Waals surface area contributed by atoms with Crippen LogP contribution in [0.25, 0.3) is 0 Å². The van der Waals surface area contributed by atoms with Crippen molar-refractivity contribution >= 4 is 17.6 Å². The number of benzene rings is 1. The molecule has 0 fully saturated rings. The first-order chi connectivity index (χ1) is 11.7. The number of anilines is 1. The van der Waals surface area contributed by atoms with Crippen molar-refractivity contribution in [3.63, 3.8) is 0 Å². The highest BCUT2D eigenvalue weighted by Gasteiger charge is 2.06. The standard InChI is InChI=1S/C18H22N4O2/c1-2-3-10-20-17(23)15-4-6-16(7-5-15)22-18(24)21-13-14-8-11-19-12-9-14/h4-9,11-12H,2-3,10,13H2,1H3,(H,20,23)(H2,21,22,24). The topological polar surface area (TPSA) is 83.1 Å². The molecule has 0 unspecified atom stereocenters. The van der Waals surface area contributed by atoms with Crippen molar-refractivity contribution in [1.82, 2.24) is 15.6 Å². The summed E-state index contributed by atoms with van der Waals surface area (Å²) in [5.74, 6) is -0.0999. The highest BCUT2D eigenvalue weighted by atomic mass is 16.2. The predicted molar refractivity (Wildman–Crippen MR) is 93.8 cm³/mol. The lowest BCUT2D eigenvalue weighted by molar-refractivity contribution is 0.0953. The summed E-state index contributed by atoms with van der Waals surface area (Å²) in [6.45, 7) is 3.17. The lowest BCUT2D eigenvalue weighted by Crippen LogP contribution is -2.28. The van der Waals surface area contributed by atoms with E-state index in [1.54, 1.807) is 36.7 Å². The van der Waals surface area contributed by atoms with Crippen LogP contribution in [-0.2, 0) is 6.54 Å². The van der Waals surface area contributed by atoms with Crippen molar-refractivity contribution in [2.24, 2.45) is 0 Å². The summed E-state index contributed by atoms with van der Waals surface area (Å²) in [7, 11) is 0. The van der Waals surface area contributed by atoms with E-state index in [0.717, 1.165) is 18.4 Å². The summed E-state index contributed by atoms with van der Waals surface area (Å²) in [6.07, 6.45) is 5.36. The molecule has 24 heavy (non-hydrogen) atoms. The Bertz CT molecular complexity index is 656. The highest BCUT2D eigenvalue weighted by molar-refractivity contribution is 5.95. The summed E-state index contributed by atoms with van der Waals surface area (Å²) in [5, 5.41) is 8.35. The first-order valence-electron chi connectivity index (χ1n) is 8.01. The lowest BCUT2D eigenvalue weighted by atomic mass is 10.2. The van der Waals surface area contributed by atoms with E-state index < -0.39 is 0 Å². The molecule has 0 spiro atoms. The zero-order valence-corrected chi connectivity index (χ0v) is 13.7. The van der Waals surface area contributed by atoms with Crippen molar-refractivity contribution in [1.29, 1.82) is 0 Å². The summed E-state index contributed by atoms with van der Waals surface area (Å²) in [5.41, 5.74) is 2.18. The number of nitrogens with one attached hydrogen (secondary N) is 3. The number of aromatic nitrogens is 1. The second-order valence-corrected chi connectivity index (χ2v) is 5.35. The summed E-state index contributed by atoms with van der Waals surface area (Å²) >= 11 is 0. The molecule has 0 radical (unpaired) electrons. The van der Waals surface area contributed by atoms with Crippen molar-refractivity contribution in [2.45, 2.75) is 26.3 Å². The van der Waals surface area contributed by atoms with E-state index in [1.165, 1.54) is 0 Å². The van der Waals surface area contributed by atoms with Crippen molar-refractivity contribution < 1.29 is 9.59 Å². The third kappa shape index (κ3) is 5.72. The minimum absolute atomic E-state index is 0.0999. The lowest BCUT2D eigenvalue weighted by Gasteiger charge is -2.09. The Balaban J connectivity index is 1.80. The Kier molecular flexibility index (Phi) is 6.76. The van der Waals surface area contributed by atoms with Gasteiger partial charge in [-0.15, -0.1) is 0 Å². The minimum Gasteiger partial charge on any atom is -0.352 e. The number of rotatable bonds is 7. The molecule has 1 heterocycles. The fourth-order valence-electron chi connectivity index (χ4n) is 2.04. The minimum atomic E-state index is -0.299. The highest BCUT2D eigenvalue weighted by Crippen LogP contribution is 2.09. The average molecular weight is 326 g/mol. The van der Waals surface area contributed by atoms with Gasteiger partial charge in [0, 0.05) is 36.7 Å². The van der Waals surface area contributed by atoms with Crippen LogP contribution in [-0.4, -0.2) is 23.5 Å². The van der Waals surface area contributed by atoms with Crippen molar-refractivity contribution in [3.8, 4) is 0 Å². The van der Waals surface area contributed by atoms with Crippen LogP contribution in [0.5, 0.6) is 0 Å². The van der Waals surface area contributed by atoms with E-state index in [-0.39, 0.29) is 11.9 Å². The molecule has 0 aliphatic rings. The third-order valence-corrected chi connectivity index (χ3v) is 3.42. The van der Waals surface area contributed by atoms with Crippen LogP contribution in [0.1, 0.15) is 35.7 Å². The third-order valence-electron chi connectivity index (χ3n) is 3.42.